The van der Waals surface area contributed by atoms with Crippen molar-refractivity contribution in [2.45, 2.75) is 18.9 Å². The van der Waals surface area contributed by atoms with E-state index in [1.807, 2.05) is 4.90 Å². The van der Waals surface area contributed by atoms with E-state index in [0.29, 0.717) is 42.4 Å². The minimum absolute atomic E-state index is 0.183. The van der Waals surface area contributed by atoms with Crippen LogP contribution in [0.5, 0.6) is 0 Å². The Kier molecular flexibility index (Phi) is 4.53. The molecule has 0 bridgehead atoms. The van der Waals surface area contributed by atoms with Crippen molar-refractivity contribution in [2.75, 3.05) is 20.2 Å². The van der Waals surface area contributed by atoms with Gasteiger partial charge in [-0.3, -0.25) is 14.5 Å². The van der Waals surface area contributed by atoms with E-state index in [0.717, 1.165) is 0 Å². The number of benzene rings is 1. The Labute approximate surface area is 138 Å². The number of carbonyl (C=O) groups excluding carboxylic acids is 1. The number of aromatic amines is 1. The fourth-order valence-electron chi connectivity index (χ4n) is 3.39. The van der Waals surface area contributed by atoms with E-state index in [2.05, 4.69) is 4.98 Å². The molecular weight excluding hydrogens is 315 g/mol. The van der Waals surface area contributed by atoms with Gasteiger partial charge in [0.25, 0.3) is 0 Å². The summed E-state index contributed by atoms with van der Waals surface area (Å²) in [5, 5.41) is 10.4. The van der Waals surface area contributed by atoms with Gasteiger partial charge < -0.3 is 14.8 Å². The molecule has 1 aliphatic rings. The lowest BCUT2D eigenvalue weighted by molar-refractivity contribution is -0.148. The number of nitrogens with one attached hydrogen (secondary N) is 1. The van der Waals surface area contributed by atoms with Gasteiger partial charge in [-0.1, -0.05) is 0 Å². The van der Waals surface area contributed by atoms with Crippen LogP contribution >= 0.6 is 0 Å². The van der Waals surface area contributed by atoms with E-state index in [4.69, 9.17) is 4.74 Å². The van der Waals surface area contributed by atoms with Crippen LogP contribution in [0.25, 0.3) is 10.9 Å². The Hall–Kier alpha value is -2.41. The molecule has 2 aromatic rings. The number of carboxylic acid groups (broad SMARTS) is 1. The Balaban J connectivity index is 1.85. The molecule has 24 heavy (non-hydrogen) atoms. The number of fused-ring (bicyclic) bond motifs is 1. The number of carbonyl (C=O) groups is 2. The number of carboxylic acids is 1. The molecule has 2 heterocycles. The van der Waals surface area contributed by atoms with Crippen LogP contribution in [0.1, 0.15) is 24.4 Å². The van der Waals surface area contributed by atoms with E-state index in [-0.39, 0.29) is 17.7 Å². The summed E-state index contributed by atoms with van der Waals surface area (Å²) >= 11 is 0. The van der Waals surface area contributed by atoms with Gasteiger partial charge in [-0.25, -0.2) is 4.39 Å². The van der Waals surface area contributed by atoms with Crippen LogP contribution in [-0.4, -0.2) is 47.1 Å². The highest BCUT2D eigenvalue weighted by molar-refractivity contribution is 5.89. The van der Waals surface area contributed by atoms with Gasteiger partial charge in [-0.2, -0.15) is 0 Å². The predicted molar refractivity (Wildman–Crippen MR) is 84.9 cm³/mol. The first-order valence-corrected chi connectivity index (χ1v) is 7.82. The zero-order valence-electron chi connectivity index (χ0n) is 13.3. The fourth-order valence-corrected chi connectivity index (χ4v) is 3.39. The van der Waals surface area contributed by atoms with Crippen molar-refractivity contribution in [3.8, 4) is 0 Å². The number of nitrogens with zero attached hydrogens (tertiary/aromatic N) is 1. The predicted octanol–water partition coefficient (Wildman–Crippen LogP) is 2.32. The fraction of sp³-hybridized carbons (Fsp3) is 0.412. The molecule has 7 heteroatoms. The SMILES string of the molecule is COC(=O)C1CCN([C@@H](C(=O)O)c2c[nH]c3cc(F)ccc23)CC1. The number of piperidine rings is 1. The molecule has 1 atom stereocenters. The van der Waals surface area contributed by atoms with E-state index < -0.39 is 12.0 Å². The first-order valence-electron chi connectivity index (χ1n) is 7.82. The summed E-state index contributed by atoms with van der Waals surface area (Å²) in [6.45, 7) is 0.981. The lowest BCUT2D eigenvalue weighted by Gasteiger charge is -2.34. The molecule has 2 N–H and O–H groups in total. The Morgan fingerprint density at radius 1 is 1.38 bits per heavy atom. The van der Waals surface area contributed by atoms with E-state index >= 15 is 0 Å². The number of aromatic nitrogens is 1. The third-order valence-electron chi connectivity index (χ3n) is 4.63. The number of rotatable bonds is 4. The summed E-state index contributed by atoms with van der Waals surface area (Å²) in [5.74, 6) is -1.76. The first kappa shape index (κ1) is 16.4. The molecule has 0 saturated carbocycles. The van der Waals surface area contributed by atoms with Crippen LogP contribution in [0, 0.1) is 11.7 Å². The summed E-state index contributed by atoms with van der Waals surface area (Å²) < 4.78 is 18.1. The van der Waals surface area contributed by atoms with Gasteiger partial charge in [0.2, 0.25) is 0 Å². The van der Waals surface area contributed by atoms with Gasteiger partial charge in [0.15, 0.2) is 0 Å². The summed E-state index contributed by atoms with van der Waals surface area (Å²) in [7, 11) is 1.36. The van der Waals surface area contributed by atoms with Crippen molar-refractivity contribution >= 4 is 22.8 Å². The largest absolute Gasteiger partial charge is 0.480 e. The quantitative estimate of drug-likeness (QED) is 0.839. The maximum atomic E-state index is 13.3. The van der Waals surface area contributed by atoms with Crippen LogP contribution < -0.4 is 0 Å². The average Bonchev–Trinajstić information content (AvgIpc) is 2.97. The zero-order valence-corrected chi connectivity index (χ0v) is 13.3. The molecule has 0 spiro atoms. The summed E-state index contributed by atoms with van der Waals surface area (Å²) in [6.07, 6.45) is 2.75. The van der Waals surface area contributed by atoms with E-state index in [1.54, 1.807) is 12.3 Å². The van der Waals surface area contributed by atoms with Gasteiger partial charge in [-0.05, 0) is 31.0 Å². The van der Waals surface area contributed by atoms with Crippen molar-refractivity contribution in [1.29, 1.82) is 0 Å². The van der Waals surface area contributed by atoms with Gasteiger partial charge in [0.05, 0.1) is 13.0 Å². The second kappa shape index (κ2) is 6.60. The van der Waals surface area contributed by atoms with E-state index in [1.165, 1.54) is 19.2 Å². The lowest BCUT2D eigenvalue weighted by atomic mass is 9.94. The highest BCUT2D eigenvalue weighted by Crippen LogP contribution is 2.32. The van der Waals surface area contributed by atoms with Gasteiger partial charge in [0, 0.05) is 35.8 Å². The molecule has 3 rings (SSSR count). The molecule has 128 valence electrons. The summed E-state index contributed by atoms with van der Waals surface area (Å²) in [5.41, 5.74) is 1.18. The summed E-state index contributed by atoms with van der Waals surface area (Å²) in [4.78, 5) is 28.2. The first-order chi connectivity index (χ1) is 11.5. The van der Waals surface area contributed by atoms with Crippen molar-refractivity contribution in [3.05, 3.63) is 35.8 Å². The molecule has 1 aromatic heterocycles. The molecule has 1 saturated heterocycles. The number of hydrogen-bond acceptors (Lipinski definition) is 4. The number of ether oxygens (including phenoxy) is 1. The van der Waals surface area contributed by atoms with Gasteiger partial charge in [-0.15, -0.1) is 0 Å². The third-order valence-corrected chi connectivity index (χ3v) is 4.63. The molecule has 0 aliphatic carbocycles. The van der Waals surface area contributed by atoms with Crippen LogP contribution in [0.3, 0.4) is 0 Å². The number of hydrogen-bond donors (Lipinski definition) is 2. The standard InChI is InChI=1S/C17H19FN2O4/c1-24-17(23)10-4-6-20(7-5-10)15(16(21)22)13-9-19-14-8-11(18)2-3-12(13)14/h2-3,8-10,15,19H,4-7H2,1H3,(H,21,22)/t15-/m1/s1. The van der Waals surface area contributed by atoms with Crippen LogP contribution in [-0.2, 0) is 14.3 Å². The Morgan fingerprint density at radius 3 is 2.71 bits per heavy atom. The van der Waals surface area contributed by atoms with Crippen LogP contribution in [0.2, 0.25) is 0 Å². The van der Waals surface area contributed by atoms with Crippen molar-refractivity contribution in [2.24, 2.45) is 5.92 Å². The highest BCUT2D eigenvalue weighted by Gasteiger charge is 2.34. The number of likely N-dealkylation sites (tertiary alicyclic amines) is 1. The second-order valence-corrected chi connectivity index (χ2v) is 6.01. The number of aliphatic carboxylic acids is 1. The molecule has 0 unspecified atom stereocenters. The monoisotopic (exact) mass is 334 g/mol. The topological polar surface area (TPSA) is 82.6 Å². The smallest absolute Gasteiger partial charge is 0.325 e. The second-order valence-electron chi connectivity index (χ2n) is 6.01. The lowest BCUT2D eigenvalue weighted by Crippen LogP contribution is -2.41. The zero-order chi connectivity index (χ0) is 17.3. The Morgan fingerprint density at radius 2 is 2.08 bits per heavy atom. The maximum Gasteiger partial charge on any atom is 0.325 e. The van der Waals surface area contributed by atoms with E-state index in [9.17, 15) is 19.1 Å². The molecule has 1 fully saturated rings. The molecule has 1 aliphatic heterocycles. The molecular formula is C17H19FN2O4. The molecule has 6 nitrogen and oxygen atoms in total. The molecule has 1 aromatic carbocycles. The number of H-pyrrole nitrogens is 1. The normalized spacial score (nSPS) is 17.8. The minimum atomic E-state index is -0.961. The van der Waals surface area contributed by atoms with Crippen LogP contribution in [0.15, 0.2) is 24.4 Å². The maximum absolute atomic E-state index is 13.3. The minimum Gasteiger partial charge on any atom is -0.480 e. The van der Waals surface area contributed by atoms with Crippen molar-refractivity contribution in [1.82, 2.24) is 9.88 Å². The number of methoxy groups -OCH3 is 1. The van der Waals surface area contributed by atoms with Crippen molar-refractivity contribution in [3.63, 3.8) is 0 Å². The molecule has 0 amide bonds. The number of esters is 1. The number of halogens is 1. The summed E-state index contributed by atoms with van der Waals surface area (Å²) in [6, 6.07) is 3.43. The highest BCUT2D eigenvalue weighted by atomic mass is 19.1. The third kappa shape index (κ3) is 2.99. The van der Waals surface area contributed by atoms with Gasteiger partial charge >= 0.3 is 11.9 Å². The van der Waals surface area contributed by atoms with Crippen molar-refractivity contribution < 1.29 is 23.8 Å². The average molecular weight is 334 g/mol. The molecule has 0 radical (unpaired) electrons. The van der Waals surface area contributed by atoms with Crippen LogP contribution in [0.4, 0.5) is 4.39 Å². The van der Waals surface area contributed by atoms with Gasteiger partial charge in [0.1, 0.15) is 11.9 Å². The Bertz CT molecular complexity index is 765.